The molecule has 2 aromatic rings. The van der Waals surface area contributed by atoms with Gasteiger partial charge in [0.25, 0.3) is 5.69 Å². The number of carbonyl (C=O) groups is 1. The van der Waals surface area contributed by atoms with Crippen LogP contribution in [-0.2, 0) is 14.8 Å². The minimum absolute atomic E-state index is 0.0275. The summed E-state index contributed by atoms with van der Waals surface area (Å²) in [4.78, 5) is 22.6. The van der Waals surface area contributed by atoms with Crippen molar-refractivity contribution in [3.05, 3.63) is 63.2 Å². The first kappa shape index (κ1) is 19.7. The van der Waals surface area contributed by atoms with Crippen molar-refractivity contribution in [2.24, 2.45) is 0 Å². The molecular formula is C16H16ClN3O5S. The fourth-order valence-corrected chi connectivity index (χ4v) is 3.25. The van der Waals surface area contributed by atoms with E-state index in [1.165, 1.54) is 18.2 Å². The Morgan fingerprint density at radius 3 is 2.54 bits per heavy atom. The Morgan fingerprint density at radius 2 is 1.92 bits per heavy atom. The van der Waals surface area contributed by atoms with E-state index in [-0.39, 0.29) is 11.4 Å². The fraction of sp³-hybridized carbons (Fsp3) is 0.188. The van der Waals surface area contributed by atoms with Crippen LogP contribution in [0.4, 0.5) is 17.1 Å². The summed E-state index contributed by atoms with van der Waals surface area (Å²) in [6.45, 7) is 1.18. The molecular weight excluding hydrogens is 382 g/mol. The second-order valence-corrected chi connectivity index (χ2v) is 7.82. The largest absolute Gasteiger partial charge is 0.324 e. The first-order chi connectivity index (χ1) is 12.1. The van der Waals surface area contributed by atoms with E-state index in [0.29, 0.717) is 16.3 Å². The van der Waals surface area contributed by atoms with Gasteiger partial charge in [0, 0.05) is 22.8 Å². The van der Waals surface area contributed by atoms with Gasteiger partial charge in [0.05, 0.1) is 16.9 Å². The van der Waals surface area contributed by atoms with E-state index in [0.717, 1.165) is 16.6 Å². The second kappa shape index (κ2) is 7.71. The Hall–Kier alpha value is -2.65. The molecule has 1 N–H and O–H groups in total. The summed E-state index contributed by atoms with van der Waals surface area (Å²) in [6.07, 6.45) is 0.920. The van der Waals surface area contributed by atoms with Crippen molar-refractivity contribution >= 4 is 44.6 Å². The lowest BCUT2D eigenvalue weighted by Gasteiger charge is -2.22. The van der Waals surface area contributed by atoms with Gasteiger partial charge < -0.3 is 5.32 Å². The Bertz CT molecular complexity index is 962. The summed E-state index contributed by atoms with van der Waals surface area (Å²) in [7, 11) is -3.84. The third-order valence-corrected chi connectivity index (χ3v) is 5.11. The van der Waals surface area contributed by atoms with Gasteiger partial charge in [-0.25, -0.2) is 8.42 Å². The van der Waals surface area contributed by atoms with Crippen molar-refractivity contribution in [3.63, 3.8) is 0 Å². The van der Waals surface area contributed by atoms with E-state index in [4.69, 9.17) is 11.6 Å². The van der Waals surface area contributed by atoms with Gasteiger partial charge in [-0.1, -0.05) is 23.7 Å². The number of benzene rings is 2. The van der Waals surface area contributed by atoms with Gasteiger partial charge in [0.1, 0.15) is 6.54 Å². The Morgan fingerprint density at radius 1 is 1.27 bits per heavy atom. The number of carbonyl (C=O) groups excluding carboxylic acids is 1. The number of nitrogens with zero attached hydrogens (tertiary/aromatic N) is 2. The van der Waals surface area contributed by atoms with Crippen LogP contribution in [0.2, 0.25) is 5.02 Å². The molecule has 1 amide bonds. The third-order valence-electron chi connectivity index (χ3n) is 3.56. The number of rotatable bonds is 6. The van der Waals surface area contributed by atoms with Crippen molar-refractivity contribution < 1.29 is 18.1 Å². The molecule has 0 aliphatic heterocycles. The summed E-state index contributed by atoms with van der Waals surface area (Å²) in [5, 5.41) is 14.0. The number of halogens is 1. The molecule has 10 heteroatoms. The number of nitrogens with one attached hydrogen (secondary N) is 1. The van der Waals surface area contributed by atoms with Crippen LogP contribution in [0.1, 0.15) is 5.56 Å². The van der Waals surface area contributed by atoms with E-state index in [1.54, 1.807) is 25.1 Å². The van der Waals surface area contributed by atoms with Gasteiger partial charge in [0.2, 0.25) is 15.9 Å². The molecule has 0 aromatic heterocycles. The zero-order valence-electron chi connectivity index (χ0n) is 14.0. The van der Waals surface area contributed by atoms with Crippen LogP contribution < -0.4 is 9.62 Å². The van der Waals surface area contributed by atoms with Crippen LogP contribution in [0.3, 0.4) is 0 Å². The fourth-order valence-electron chi connectivity index (χ4n) is 2.22. The summed E-state index contributed by atoms with van der Waals surface area (Å²) < 4.78 is 25.0. The molecule has 0 fully saturated rings. The van der Waals surface area contributed by atoms with Crippen molar-refractivity contribution in [2.45, 2.75) is 6.92 Å². The van der Waals surface area contributed by atoms with E-state index < -0.39 is 27.4 Å². The van der Waals surface area contributed by atoms with Crippen molar-refractivity contribution in [1.82, 2.24) is 0 Å². The van der Waals surface area contributed by atoms with Gasteiger partial charge in [-0.2, -0.15) is 0 Å². The van der Waals surface area contributed by atoms with E-state index >= 15 is 0 Å². The number of anilines is 2. The molecule has 138 valence electrons. The number of hydrogen-bond donors (Lipinski definition) is 1. The highest BCUT2D eigenvalue weighted by Crippen LogP contribution is 2.25. The van der Waals surface area contributed by atoms with Crippen molar-refractivity contribution in [1.29, 1.82) is 0 Å². The molecule has 2 aromatic carbocycles. The van der Waals surface area contributed by atoms with Crippen LogP contribution in [0.15, 0.2) is 42.5 Å². The second-order valence-electron chi connectivity index (χ2n) is 5.51. The lowest BCUT2D eigenvalue weighted by atomic mass is 10.2. The predicted octanol–water partition coefficient (Wildman–Crippen LogP) is 2.96. The van der Waals surface area contributed by atoms with Gasteiger partial charge >= 0.3 is 0 Å². The highest BCUT2D eigenvalue weighted by molar-refractivity contribution is 7.92. The van der Waals surface area contributed by atoms with Crippen LogP contribution in [0, 0.1) is 17.0 Å². The highest BCUT2D eigenvalue weighted by Gasteiger charge is 2.23. The number of nitro benzene ring substituents is 1. The molecule has 0 atom stereocenters. The predicted molar refractivity (Wildman–Crippen MR) is 100 cm³/mol. The van der Waals surface area contributed by atoms with Gasteiger partial charge in [-0.05, 0) is 30.7 Å². The first-order valence-electron chi connectivity index (χ1n) is 7.36. The van der Waals surface area contributed by atoms with Gasteiger partial charge in [0.15, 0.2) is 0 Å². The monoisotopic (exact) mass is 397 g/mol. The van der Waals surface area contributed by atoms with E-state index in [9.17, 15) is 23.3 Å². The summed E-state index contributed by atoms with van der Waals surface area (Å²) >= 11 is 6.00. The topological polar surface area (TPSA) is 110 Å². The first-order valence-corrected chi connectivity index (χ1v) is 9.59. The lowest BCUT2D eigenvalue weighted by Crippen LogP contribution is -2.37. The van der Waals surface area contributed by atoms with Crippen LogP contribution >= 0.6 is 11.6 Å². The molecule has 0 spiro atoms. The quantitative estimate of drug-likeness (QED) is 0.595. The Balaban J connectivity index is 2.29. The summed E-state index contributed by atoms with van der Waals surface area (Å²) in [6, 6.07) is 10.0. The molecule has 0 unspecified atom stereocenters. The maximum Gasteiger partial charge on any atom is 0.271 e. The molecule has 0 radical (unpaired) electrons. The van der Waals surface area contributed by atoms with Crippen molar-refractivity contribution in [2.75, 3.05) is 22.4 Å². The zero-order valence-corrected chi connectivity index (χ0v) is 15.5. The molecule has 0 aliphatic rings. The molecule has 0 heterocycles. The van der Waals surface area contributed by atoms with Gasteiger partial charge in [-0.15, -0.1) is 0 Å². The minimum Gasteiger partial charge on any atom is -0.324 e. The van der Waals surface area contributed by atoms with Crippen molar-refractivity contribution in [3.8, 4) is 0 Å². The lowest BCUT2D eigenvalue weighted by molar-refractivity contribution is -0.384. The maximum atomic E-state index is 12.3. The minimum atomic E-state index is -3.84. The number of amides is 1. The molecule has 8 nitrogen and oxygen atoms in total. The average molecular weight is 398 g/mol. The van der Waals surface area contributed by atoms with Crippen LogP contribution in [0.5, 0.6) is 0 Å². The summed E-state index contributed by atoms with van der Waals surface area (Å²) in [5.74, 6) is -0.604. The van der Waals surface area contributed by atoms with Crippen LogP contribution in [-0.4, -0.2) is 32.0 Å². The molecule has 0 aliphatic carbocycles. The van der Waals surface area contributed by atoms with Crippen LogP contribution in [0.25, 0.3) is 0 Å². The average Bonchev–Trinajstić information content (AvgIpc) is 2.56. The SMILES string of the molecule is Cc1c(Cl)cccc1NC(=O)CN(c1cccc([N+](=O)[O-])c1)S(C)(=O)=O. The number of hydrogen-bond acceptors (Lipinski definition) is 5. The standard InChI is InChI=1S/C16H16ClN3O5S/c1-11-14(17)7-4-8-15(11)18-16(21)10-19(26(2,24)25)12-5-3-6-13(9-12)20(22)23/h3-9H,10H2,1-2H3,(H,18,21). The third kappa shape index (κ3) is 4.70. The number of nitro groups is 1. The smallest absolute Gasteiger partial charge is 0.271 e. The molecule has 0 saturated carbocycles. The highest BCUT2D eigenvalue weighted by atomic mass is 35.5. The normalized spacial score (nSPS) is 11.0. The Kier molecular flexibility index (Phi) is 5.83. The number of sulfonamides is 1. The van der Waals surface area contributed by atoms with E-state index in [1.807, 2.05) is 0 Å². The van der Waals surface area contributed by atoms with E-state index in [2.05, 4.69) is 5.32 Å². The maximum absolute atomic E-state index is 12.3. The molecule has 0 saturated heterocycles. The molecule has 0 bridgehead atoms. The summed E-state index contributed by atoms with van der Waals surface area (Å²) in [5.41, 5.74) is 0.848. The Labute approximate surface area is 155 Å². The zero-order chi connectivity index (χ0) is 19.5. The molecule has 2 rings (SSSR count). The molecule has 26 heavy (non-hydrogen) atoms. The number of non-ortho nitro benzene ring substituents is 1. The van der Waals surface area contributed by atoms with Gasteiger partial charge in [-0.3, -0.25) is 19.2 Å².